The van der Waals surface area contributed by atoms with Crippen LogP contribution >= 0.6 is 0 Å². The Kier molecular flexibility index (Phi) is 3.79. The number of aryl methyl sites for hydroxylation is 1. The molecule has 0 radical (unpaired) electrons. The second-order valence-corrected chi connectivity index (χ2v) is 5.56. The van der Waals surface area contributed by atoms with Gasteiger partial charge in [-0.25, -0.2) is 0 Å². The summed E-state index contributed by atoms with van der Waals surface area (Å²) in [7, 11) is 0. The molecule has 0 bridgehead atoms. The summed E-state index contributed by atoms with van der Waals surface area (Å²) < 4.78 is 0. The summed E-state index contributed by atoms with van der Waals surface area (Å²) in [5.41, 5.74) is 1.39. The number of pyridine rings is 1. The van der Waals surface area contributed by atoms with Crippen molar-refractivity contribution in [3.8, 4) is 0 Å². The first-order valence-electron chi connectivity index (χ1n) is 7.43. The van der Waals surface area contributed by atoms with Crippen molar-refractivity contribution >= 4 is 10.8 Å². The number of nitrogens with one attached hydrogen (secondary N) is 1. The topological polar surface area (TPSA) is 24.9 Å². The van der Waals surface area contributed by atoms with Gasteiger partial charge in [-0.15, -0.1) is 0 Å². The average molecular weight is 254 g/mol. The lowest BCUT2D eigenvalue weighted by molar-refractivity contribution is 0.446. The molecule has 0 amide bonds. The van der Waals surface area contributed by atoms with Gasteiger partial charge in [0.1, 0.15) is 0 Å². The Hall–Kier alpha value is -1.41. The molecular weight excluding hydrogens is 232 g/mol. The van der Waals surface area contributed by atoms with Gasteiger partial charge in [0.05, 0.1) is 0 Å². The van der Waals surface area contributed by atoms with Crippen LogP contribution in [-0.2, 0) is 6.42 Å². The molecule has 3 rings (SSSR count). The highest BCUT2D eigenvalue weighted by atomic mass is 14.9. The van der Waals surface area contributed by atoms with E-state index in [2.05, 4.69) is 41.5 Å². The van der Waals surface area contributed by atoms with Gasteiger partial charge in [-0.1, -0.05) is 31.2 Å². The first-order valence-corrected chi connectivity index (χ1v) is 7.43. The van der Waals surface area contributed by atoms with Crippen LogP contribution in [-0.4, -0.2) is 17.6 Å². The van der Waals surface area contributed by atoms with Crippen LogP contribution in [0.15, 0.2) is 36.7 Å². The maximum absolute atomic E-state index is 4.38. The first-order chi connectivity index (χ1) is 9.38. The standard InChI is InChI=1S/C17H22N2/c1-2-19-17(13-7-8-13)10-9-15-12-18-11-14-5-3-4-6-16(14)15/h3-6,11-13,17,19H,2,7-10H2,1H3. The minimum atomic E-state index is 0.698. The molecule has 19 heavy (non-hydrogen) atoms. The third kappa shape index (κ3) is 2.95. The number of nitrogens with zero attached hydrogens (tertiary/aromatic N) is 1. The Morgan fingerprint density at radius 2 is 2.11 bits per heavy atom. The van der Waals surface area contributed by atoms with Crippen molar-refractivity contribution in [1.82, 2.24) is 10.3 Å². The second kappa shape index (κ2) is 5.70. The maximum Gasteiger partial charge on any atom is 0.0346 e. The summed E-state index contributed by atoms with van der Waals surface area (Å²) in [5, 5.41) is 6.26. The van der Waals surface area contributed by atoms with Crippen LogP contribution in [0.1, 0.15) is 31.7 Å². The van der Waals surface area contributed by atoms with Crippen LogP contribution in [0.4, 0.5) is 0 Å². The highest BCUT2D eigenvalue weighted by molar-refractivity contribution is 5.84. The molecule has 0 saturated heterocycles. The van der Waals surface area contributed by atoms with Crippen molar-refractivity contribution < 1.29 is 0 Å². The SMILES string of the molecule is CCNC(CCc1cncc2ccccc12)C1CC1. The fraction of sp³-hybridized carbons (Fsp3) is 0.471. The van der Waals surface area contributed by atoms with Gasteiger partial charge in [-0.3, -0.25) is 4.98 Å². The molecule has 1 aromatic carbocycles. The quantitative estimate of drug-likeness (QED) is 0.852. The molecule has 2 heteroatoms. The van der Waals surface area contributed by atoms with E-state index in [0.29, 0.717) is 6.04 Å². The van der Waals surface area contributed by atoms with Gasteiger partial charge in [-0.2, -0.15) is 0 Å². The predicted octanol–water partition coefficient (Wildman–Crippen LogP) is 3.56. The van der Waals surface area contributed by atoms with E-state index < -0.39 is 0 Å². The van der Waals surface area contributed by atoms with Gasteiger partial charge in [0.25, 0.3) is 0 Å². The summed E-state index contributed by atoms with van der Waals surface area (Å²) in [4.78, 5) is 4.38. The van der Waals surface area contributed by atoms with E-state index in [0.717, 1.165) is 18.9 Å². The van der Waals surface area contributed by atoms with E-state index in [1.807, 2.05) is 12.4 Å². The normalized spacial score (nSPS) is 16.7. The molecular formula is C17H22N2. The summed E-state index contributed by atoms with van der Waals surface area (Å²) >= 11 is 0. The van der Waals surface area contributed by atoms with Crippen molar-refractivity contribution in [1.29, 1.82) is 0 Å². The molecule has 100 valence electrons. The number of aromatic nitrogens is 1. The first kappa shape index (κ1) is 12.6. The van der Waals surface area contributed by atoms with Gasteiger partial charge in [0.2, 0.25) is 0 Å². The summed E-state index contributed by atoms with van der Waals surface area (Å²) in [6.45, 7) is 3.28. The minimum absolute atomic E-state index is 0.698. The molecule has 1 fully saturated rings. The van der Waals surface area contributed by atoms with Gasteiger partial charge in [0.15, 0.2) is 0 Å². The molecule has 1 unspecified atom stereocenters. The van der Waals surface area contributed by atoms with E-state index in [9.17, 15) is 0 Å². The molecule has 1 aromatic heterocycles. The number of hydrogen-bond acceptors (Lipinski definition) is 2. The lowest BCUT2D eigenvalue weighted by Crippen LogP contribution is -2.31. The molecule has 1 atom stereocenters. The number of benzene rings is 1. The fourth-order valence-corrected chi connectivity index (χ4v) is 2.95. The molecule has 1 aliphatic carbocycles. The van der Waals surface area contributed by atoms with E-state index in [1.54, 1.807) is 0 Å². The summed E-state index contributed by atoms with van der Waals surface area (Å²) in [6, 6.07) is 9.26. The Morgan fingerprint density at radius 1 is 1.26 bits per heavy atom. The minimum Gasteiger partial charge on any atom is -0.314 e. The van der Waals surface area contributed by atoms with Gasteiger partial charge in [0, 0.05) is 23.8 Å². The molecule has 1 N–H and O–H groups in total. The smallest absolute Gasteiger partial charge is 0.0346 e. The van der Waals surface area contributed by atoms with E-state index in [-0.39, 0.29) is 0 Å². The molecule has 0 spiro atoms. The fourth-order valence-electron chi connectivity index (χ4n) is 2.95. The molecule has 1 saturated carbocycles. The zero-order valence-corrected chi connectivity index (χ0v) is 11.6. The van der Waals surface area contributed by atoms with E-state index in [4.69, 9.17) is 0 Å². The zero-order valence-electron chi connectivity index (χ0n) is 11.6. The van der Waals surface area contributed by atoms with Gasteiger partial charge < -0.3 is 5.32 Å². The van der Waals surface area contributed by atoms with Crippen molar-refractivity contribution in [2.45, 2.75) is 38.6 Å². The van der Waals surface area contributed by atoms with Crippen LogP contribution < -0.4 is 5.32 Å². The average Bonchev–Trinajstić information content (AvgIpc) is 3.28. The summed E-state index contributed by atoms with van der Waals surface area (Å²) in [6.07, 6.45) is 9.17. The highest BCUT2D eigenvalue weighted by Gasteiger charge is 2.30. The Morgan fingerprint density at radius 3 is 2.89 bits per heavy atom. The third-order valence-electron chi connectivity index (χ3n) is 4.13. The van der Waals surface area contributed by atoms with Crippen molar-refractivity contribution in [3.05, 3.63) is 42.2 Å². The van der Waals surface area contributed by atoms with Crippen LogP contribution in [0.25, 0.3) is 10.8 Å². The third-order valence-corrected chi connectivity index (χ3v) is 4.13. The zero-order chi connectivity index (χ0) is 13.1. The Bertz CT molecular complexity index is 540. The van der Waals surface area contributed by atoms with Crippen LogP contribution in [0, 0.1) is 5.92 Å². The van der Waals surface area contributed by atoms with Gasteiger partial charge in [-0.05, 0) is 49.1 Å². The maximum atomic E-state index is 4.38. The summed E-state index contributed by atoms with van der Waals surface area (Å²) in [5.74, 6) is 0.919. The largest absolute Gasteiger partial charge is 0.314 e. The highest BCUT2D eigenvalue weighted by Crippen LogP contribution is 2.34. The van der Waals surface area contributed by atoms with Crippen LogP contribution in [0.5, 0.6) is 0 Å². The Labute approximate surface area is 115 Å². The molecule has 2 nitrogen and oxygen atoms in total. The predicted molar refractivity (Wildman–Crippen MR) is 80.3 cm³/mol. The van der Waals surface area contributed by atoms with Crippen LogP contribution in [0.3, 0.4) is 0 Å². The molecule has 1 aliphatic rings. The second-order valence-electron chi connectivity index (χ2n) is 5.56. The lowest BCUT2D eigenvalue weighted by Gasteiger charge is -2.17. The molecule has 1 heterocycles. The van der Waals surface area contributed by atoms with Gasteiger partial charge >= 0.3 is 0 Å². The van der Waals surface area contributed by atoms with Crippen molar-refractivity contribution in [3.63, 3.8) is 0 Å². The molecule has 0 aliphatic heterocycles. The number of hydrogen-bond donors (Lipinski definition) is 1. The number of rotatable bonds is 6. The number of fused-ring (bicyclic) bond motifs is 1. The van der Waals surface area contributed by atoms with E-state index in [1.165, 1.54) is 35.6 Å². The Balaban J connectivity index is 1.74. The van der Waals surface area contributed by atoms with Crippen LogP contribution in [0.2, 0.25) is 0 Å². The molecule has 2 aromatic rings. The van der Waals surface area contributed by atoms with Crippen molar-refractivity contribution in [2.24, 2.45) is 5.92 Å². The monoisotopic (exact) mass is 254 g/mol. The van der Waals surface area contributed by atoms with Crippen molar-refractivity contribution in [2.75, 3.05) is 6.54 Å². The van der Waals surface area contributed by atoms with E-state index >= 15 is 0 Å². The lowest BCUT2D eigenvalue weighted by atomic mass is 9.99.